The molecule has 0 aliphatic carbocycles. The van der Waals surface area contributed by atoms with E-state index in [1.54, 1.807) is 11.8 Å². The molecule has 3 heteroatoms. The van der Waals surface area contributed by atoms with Gasteiger partial charge in [0.1, 0.15) is 0 Å². The maximum absolute atomic E-state index is 6.19. The summed E-state index contributed by atoms with van der Waals surface area (Å²) in [6.07, 6.45) is 0. The van der Waals surface area contributed by atoms with Crippen molar-refractivity contribution < 1.29 is 0 Å². The number of rotatable bonds is 4. The molecule has 1 unspecified atom stereocenters. The number of hydrogen-bond acceptors (Lipinski definition) is 2. The smallest absolute Gasteiger partial charge is 0.0406 e. The van der Waals surface area contributed by atoms with Crippen LogP contribution in [-0.4, -0.2) is 5.75 Å². The van der Waals surface area contributed by atoms with Crippen LogP contribution in [-0.2, 0) is 0 Å². The van der Waals surface area contributed by atoms with Crippen LogP contribution in [0, 0.1) is 6.92 Å². The summed E-state index contributed by atoms with van der Waals surface area (Å²) in [5.74, 6) is 0.866. The SMILES string of the molecule is Cc1cccc(C(N)CSc2ccc(Cl)cc2)c1. The minimum Gasteiger partial charge on any atom is -0.323 e. The molecule has 2 N–H and O–H groups in total. The Balaban J connectivity index is 1.96. The molecule has 0 amide bonds. The van der Waals surface area contributed by atoms with Gasteiger partial charge in [0, 0.05) is 21.7 Å². The lowest BCUT2D eigenvalue weighted by atomic mass is 10.1. The first-order valence-corrected chi connectivity index (χ1v) is 7.22. The quantitative estimate of drug-likeness (QED) is 0.836. The predicted molar refractivity (Wildman–Crippen MR) is 80.3 cm³/mol. The van der Waals surface area contributed by atoms with Crippen molar-refractivity contribution in [2.24, 2.45) is 5.73 Å². The molecule has 0 aliphatic rings. The van der Waals surface area contributed by atoms with Gasteiger partial charge < -0.3 is 5.73 Å². The summed E-state index contributed by atoms with van der Waals surface area (Å²) < 4.78 is 0. The van der Waals surface area contributed by atoms with Crippen LogP contribution in [0.3, 0.4) is 0 Å². The molecule has 0 saturated heterocycles. The van der Waals surface area contributed by atoms with E-state index >= 15 is 0 Å². The van der Waals surface area contributed by atoms with Crippen molar-refractivity contribution >= 4 is 23.4 Å². The molecular formula is C15H16ClNS. The van der Waals surface area contributed by atoms with Gasteiger partial charge in [-0.2, -0.15) is 0 Å². The highest BCUT2D eigenvalue weighted by Gasteiger charge is 2.06. The first kappa shape index (κ1) is 13.5. The molecule has 1 nitrogen and oxygen atoms in total. The fourth-order valence-electron chi connectivity index (χ4n) is 1.71. The molecule has 0 aromatic heterocycles. The summed E-state index contributed by atoms with van der Waals surface area (Å²) in [6.45, 7) is 2.09. The van der Waals surface area contributed by atoms with Gasteiger partial charge in [0.05, 0.1) is 0 Å². The zero-order valence-corrected chi connectivity index (χ0v) is 11.8. The van der Waals surface area contributed by atoms with E-state index in [1.165, 1.54) is 16.0 Å². The second kappa shape index (κ2) is 6.28. The minimum atomic E-state index is 0.0607. The highest BCUT2D eigenvalue weighted by atomic mass is 35.5. The molecular weight excluding hydrogens is 262 g/mol. The summed E-state index contributed by atoms with van der Waals surface area (Å²) in [7, 11) is 0. The van der Waals surface area contributed by atoms with Gasteiger partial charge in [0.25, 0.3) is 0 Å². The Labute approximate surface area is 117 Å². The second-order valence-corrected chi connectivity index (χ2v) is 5.82. The first-order valence-electron chi connectivity index (χ1n) is 5.85. The lowest BCUT2D eigenvalue weighted by molar-refractivity contribution is 0.830. The summed E-state index contributed by atoms with van der Waals surface area (Å²) in [4.78, 5) is 1.20. The third-order valence-corrected chi connectivity index (χ3v) is 4.10. The molecule has 0 spiro atoms. The normalized spacial score (nSPS) is 12.4. The molecule has 18 heavy (non-hydrogen) atoms. The van der Waals surface area contributed by atoms with Gasteiger partial charge in [-0.05, 0) is 36.8 Å². The predicted octanol–water partition coefficient (Wildman–Crippen LogP) is 4.44. The number of nitrogens with two attached hydrogens (primary N) is 1. The van der Waals surface area contributed by atoms with Crippen LogP contribution in [0.2, 0.25) is 5.02 Å². The average molecular weight is 278 g/mol. The first-order chi connectivity index (χ1) is 8.65. The van der Waals surface area contributed by atoms with E-state index < -0.39 is 0 Å². The van der Waals surface area contributed by atoms with Gasteiger partial charge >= 0.3 is 0 Å². The Morgan fingerprint density at radius 2 is 1.89 bits per heavy atom. The molecule has 2 rings (SSSR count). The monoisotopic (exact) mass is 277 g/mol. The van der Waals surface area contributed by atoms with E-state index in [1.807, 2.05) is 24.3 Å². The molecule has 0 saturated carbocycles. The van der Waals surface area contributed by atoms with Crippen LogP contribution in [0.4, 0.5) is 0 Å². The Morgan fingerprint density at radius 3 is 2.56 bits per heavy atom. The van der Waals surface area contributed by atoms with Crippen molar-refractivity contribution in [3.63, 3.8) is 0 Å². The second-order valence-electron chi connectivity index (χ2n) is 4.29. The summed E-state index contributed by atoms with van der Waals surface area (Å²) in [5, 5.41) is 0.766. The Hall–Kier alpha value is -0.960. The van der Waals surface area contributed by atoms with E-state index in [0.29, 0.717) is 0 Å². The average Bonchev–Trinajstić information content (AvgIpc) is 2.38. The number of aryl methyl sites for hydroxylation is 1. The van der Waals surface area contributed by atoms with Crippen LogP contribution in [0.1, 0.15) is 17.2 Å². The van der Waals surface area contributed by atoms with E-state index in [2.05, 4.69) is 31.2 Å². The molecule has 94 valence electrons. The molecule has 0 fully saturated rings. The van der Waals surface area contributed by atoms with Crippen molar-refractivity contribution in [3.05, 3.63) is 64.7 Å². The largest absolute Gasteiger partial charge is 0.323 e. The molecule has 1 atom stereocenters. The fraction of sp³-hybridized carbons (Fsp3) is 0.200. The van der Waals surface area contributed by atoms with Crippen molar-refractivity contribution in [3.8, 4) is 0 Å². The number of hydrogen-bond donors (Lipinski definition) is 1. The van der Waals surface area contributed by atoms with E-state index in [-0.39, 0.29) is 6.04 Å². The van der Waals surface area contributed by atoms with Crippen molar-refractivity contribution in [2.75, 3.05) is 5.75 Å². The van der Waals surface area contributed by atoms with Gasteiger partial charge in [-0.1, -0.05) is 41.4 Å². The maximum Gasteiger partial charge on any atom is 0.0406 e. The van der Waals surface area contributed by atoms with Crippen molar-refractivity contribution in [1.29, 1.82) is 0 Å². The van der Waals surface area contributed by atoms with E-state index in [9.17, 15) is 0 Å². The topological polar surface area (TPSA) is 26.0 Å². The molecule has 2 aromatic rings. The zero-order valence-electron chi connectivity index (χ0n) is 10.3. The molecule has 0 bridgehead atoms. The minimum absolute atomic E-state index is 0.0607. The lowest BCUT2D eigenvalue weighted by Crippen LogP contribution is -2.12. The Bertz CT molecular complexity index is 510. The summed E-state index contributed by atoms with van der Waals surface area (Å²) >= 11 is 7.61. The van der Waals surface area contributed by atoms with E-state index in [4.69, 9.17) is 17.3 Å². The van der Waals surface area contributed by atoms with Gasteiger partial charge in [-0.25, -0.2) is 0 Å². The molecule has 0 radical (unpaired) electrons. The summed E-state index contributed by atoms with van der Waals surface area (Å²) in [5.41, 5.74) is 8.64. The van der Waals surface area contributed by atoms with Crippen molar-refractivity contribution in [2.45, 2.75) is 17.9 Å². The number of benzene rings is 2. The van der Waals surface area contributed by atoms with Crippen molar-refractivity contribution in [1.82, 2.24) is 0 Å². The number of thioether (sulfide) groups is 1. The van der Waals surface area contributed by atoms with Gasteiger partial charge in [0.15, 0.2) is 0 Å². The molecule has 0 heterocycles. The summed E-state index contributed by atoms with van der Waals surface area (Å²) in [6, 6.07) is 16.3. The molecule has 0 aliphatic heterocycles. The number of halogens is 1. The van der Waals surface area contributed by atoms with E-state index in [0.717, 1.165) is 10.8 Å². The highest BCUT2D eigenvalue weighted by Crippen LogP contribution is 2.25. The highest BCUT2D eigenvalue weighted by molar-refractivity contribution is 7.99. The van der Waals surface area contributed by atoms with Crippen LogP contribution in [0.25, 0.3) is 0 Å². The zero-order chi connectivity index (χ0) is 13.0. The van der Waals surface area contributed by atoms with Crippen LogP contribution < -0.4 is 5.73 Å². The third-order valence-electron chi connectivity index (χ3n) is 2.71. The van der Waals surface area contributed by atoms with Crippen LogP contribution >= 0.6 is 23.4 Å². The fourth-order valence-corrected chi connectivity index (χ4v) is 2.73. The maximum atomic E-state index is 6.19. The Kier molecular flexibility index (Phi) is 4.70. The van der Waals surface area contributed by atoms with Crippen LogP contribution in [0.15, 0.2) is 53.4 Å². The Morgan fingerprint density at radius 1 is 1.17 bits per heavy atom. The van der Waals surface area contributed by atoms with Crippen LogP contribution in [0.5, 0.6) is 0 Å². The van der Waals surface area contributed by atoms with Gasteiger partial charge in [-0.3, -0.25) is 0 Å². The van der Waals surface area contributed by atoms with Gasteiger partial charge in [0.2, 0.25) is 0 Å². The standard InChI is InChI=1S/C15H16ClNS/c1-11-3-2-4-12(9-11)15(17)10-18-14-7-5-13(16)6-8-14/h2-9,15H,10,17H2,1H3. The molecule has 2 aromatic carbocycles. The van der Waals surface area contributed by atoms with Gasteiger partial charge in [-0.15, -0.1) is 11.8 Å². The third kappa shape index (κ3) is 3.77. The lowest BCUT2D eigenvalue weighted by Gasteiger charge is -2.12.